The van der Waals surface area contributed by atoms with E-state index in [0.717, 1.165) is 39.2 Å². The van der Waals surface area contributed by atoms with Crippen molar-refractivity contribution in [3.63, 3.8) is 0 Å². The van der Waals surface area contributed by atoms with Gasteiger partial charge in [0.25, 0.3) is 0 Å². The third-order valence-corrected chi connectivity index (χ3v) is 3.71. The van der Waals surface area contributed by atoms with Crippen LogP contribution in [0.5, 0.6) is 0 Å². The van der Waals surface area contributed by atoms with E-state index in [9.17, 15) is 0 Å². The fourth-order valence-corrected chi connectivity index (χ4v) is 2.60. The largest absolute Gasteiger partial charge is 0.376 e. The number of ether oxygens (including phenoxy) is 1. The Balaban J connectivity index is 0.00000264. The van der Waals surface area contributed by atoms with Gasteiger partial charge in [-0.3, -0.25) is 4.90 Å². The highest BCUT2D eigenvalue weighted by Crippen LogP contribution is 2.12. The average Bonchev–Trinajstić information content (AvgIpc) is 2.51. The lowest BCUT2D eigenvalue weighted by atomic mass is 10.1. The van der Waals surface area contributed by atoms with Crippen molar-refractivity contribution in [1.82, 2.24) is 10.2 Å². The summed E-state index contributed by atoms with van der Waals surface area (Å²) in [6.07, 6.45) is 1.37. The molecule has 2 rings (SSSR count). The number of guanidine groups is 1. The summed E-state index contributed by atoms with van der Waals surface area (Å²) in [5.74, 6) is 0.522. The van der Waals surface area contributed by atoms with Crippen molar-refractivity contribution in [2.75, 3.05) is 26.2 Å². The van der Waals surface area contributed by atoms with Crippen LogP contribution in [0.1, 0.15) is 31.4 Å². The van der Waals surface area contributed by atoms with E-state index in [1.807, 2.05) is 0 Å². The van der Waals surface area contributed by atoms with E-state index in [2.05, 4.69) is 53.3 Å². The molecule has 1 aromatic rings. The quantitative estimate of drug-likeness (QED) is 0.412. The molecule has 5 nitrogen and oxygen atoms in total. The Hall–Kier alpha value is -0.860. The van der Waals surface area contributed by atoms with E-state index in [1.165, 1.54) is 11.1 Å². The van der Waals surface area contributed by atoms with E-state index < -0.39 is 0 Å². The highest BCUT2D eigenvalue weighted by molar-refractivity contribution is 14.0. The topological polar surface area (TPSA) is 62.9 Å². The molecule has 3 N–H and O–H groups in total. The van der Waals surface area contributed by atoms with Crippen LogP contribution in [0.25, 0.3) is 0 Å². The molecule has 6 heteroatoms. The molecule has 130 valence electrons. The third-order valence-electron chi connectivity index (χ3n) is 3.71. The molecule has 0 amide bonds. The van der Waals surface area contributed by atoms with Gasteiger partial charge in [-0.25, -0.2) is 4.99 Å². The SMILES string of the molecule is CCCNC(N)=NCc1cccc(CN2CCOC(C)C2)c1.I. The zero-order chi connectivity index (χ0) is 15.8. The maximum atomic E-state index is 5.83. The fourth-order valence-electron chi connectivity index (χ4n) is 2.60. The summed E-state index contributed by atoms with van der Waals surface area (Å²) < 4.78 is 5.59. The second-order valence-corrected chi connectivity index (χ2v) is 5.86. The first-order valence-electron chi connectivity index (χ1n) is 8.13. The molecule has 0 aliphatic carbocycles. The summed E-state index contributed by atoms with van der Waals surface area (Å²) in [5, 5.41) is 3.09. The van der Waals surface area contributed by atoms with Crippen molar-refractivity contribution in [1.29, 1.82) is 0 Å². The summed E-state index contributed by atoms with van der Waals surface area (Å²) in [6, 6.07) is 8.59. The normalized spacial score (nSPS) is 19.2. The third kappa shape index (κ3) is 7.50. The molecule has 1 aliphatic heterocycles. The molecule has 1 aromatic carbocycles. The van der Waals surface area contributed by atoms with Gasteiger partial charge in [-0.1, -0.05) is 31.2 Å². The van der Waals surface area contributed by atoms with Gasteiger partial charge in [0, 0.05) is 26.2 Å². The van der Waals surface area contributed by atoms with Crippen molar-refractivity contribution in [2.45, 2.75) is 39.5 Å². The van der Waals surface area contributed by atoms with Gasteiger partial charge in [-0.2, -0.15) is 0 Å². The minimum absolute atomic E-state index is 0. The summed E-state index contributed by atoms with van der Waals surface area (Å²) in [7, 11) is 0. The number of halogens is 1. The number of aliphatic imine (C=N–C) groups is 1. The molecule has 1 heterocycles. The van der Waals surface area contributed by atoms with Gasteiger partial charge < -0.3 is 15.8 Å². The summed E-state index contributed by atoms with van der Waals surface area (Å²) in [4.78, 5) is 6.82. The Morgan fingerprint density at radius 3 is 2.96 bits per heavy atom. The number of nitrogens with one attached hydrogen (secondary N) is 1. The first-order valence-corrected chi connectivity index (χ1v) is 8.13. The Labute approximate surface area is 156 Å². The van der Waals surface area contributed by atoms with Crippen LogP contribution in [0.15, 0.2) is 29.3 Å². The van der Waals surface area contributed by atoms with Gasteiger partial charge >= 0.3 is 0 Å². The van der Waals surface area contributed by atoms with Crippen molar-refractivity contribution < 1.29 is 4.74 Å². The number of rotatable bonds is 6. The van der Waals surface area contributed by atoms with Gasteiger partial charge in [-0.05, 0) is 24.5 Å². The number of morpholine rings is 1. The minimum atomic E-state index is 0. The highest BCUT2D eigenvalue weighted by Gasteiger charge is 2.16. The molecule has 1 fully saturated rings. The zero-order valence-corrected chi connectivity index (χ0v) is 16.5. The number of nitrogens with zero attached hydrogens (tertiary/aromatic N) is 2. The number of hydrogen-bond acceptors (Lipinski definition) is 3. The molecule has 0 radical (unpaired) electrons. The van der Waals surface area contributed by atoms with Crippen molar-refractivity contribution in [2.24, 2.45) is 10.7 Å². The van der Waals surface area contributed by atoms with Crippen LogP contribution in [0.3, 0.4) is 0 Å². The second-order valence-electron chi connectivity index (χ2n) is 5.86. The average molecular weight is 432 g/mol. The first kappa shape index (κ1) is 20.2. The van der Waals surface area contributed by atoms with Crippen LogP contribution < -0.4 is 11.1 Å². The zero-order valence-electron chi connectivity index (χ0n) is 14.1. The smallest absolute Gasteiger partial charge is 0.188 e. The molecule has 0 bridgehead atoms. The molecule has 1 aliphatic rings. The summed E-state index contributed by atoms with van der Waals surface area (Å²) in [6.45, 7) is 9.51. The van der Waals surface area contributed by atoms with Gasteiger partial charge in [0.2, 0.25) is 0 Å². The Morgan fingerprint density at radius 1 is 1.43 bits per heavy atom. The number of hydrogen-bond donors (Lipinski definition) is 2. The molecule has 0 saturated carbocycles. The highest BCUT2D eigenvalue weighted by atomic mass is 127. The number of nitrogens with two attached hydrogens (primary N) is 1. The monoisotopic (exact) mass is 432 g/mol. The van der Waals surface area contributed by atoms with Crippen molar-refractivity contribution in [3.05, 3.63) is 35.4 Å². The lowest BCUT2D eigenvalue weighted by molar-refractivity contribution is -0.0212. The molecule has 1 unspecified atom stereocenters. The van der Waals surface area contributed by atoms with Crippen molar-refractivity contribution in [3.8, 4) is 0 Å². The fraction of sp³-hybridized carbons (Fsp3) is 0.588. The predicted molar refractivity (Wildman–Crippen MR) is 106 cm³/mol. The molecular formula is C17H29IN4O. The van der Waals surface area contributed by atoms with Gasteiger partial charge in [0.1, 0.15) is 0 Å². The van der Waals surface area contributed by atoms with Crippen LogP contribution in [-0.2, 0) is 17.8 Å². The molecule has 23 heavy (non-hydrogen) atoms. The predicted octanol–water partition coefficient (Wildman–Crippen LogP) is 2.34. The lowest BCUT2D eigenvalue weighted by Crippen LogP contribution is -2.40. The van der Waals surface area contributed by atoms with Crippen LogP contribution >= 0.6 is 24.0 Å². The molecule has 0 aromatic heterocycles. The lowest BCUT2D eigenvalue weighted by Gasteiger charge is -2.31. The maximum Gasteiger partial charge on any atom is 0.188 e. The van der Waals surface area contributed by atoms with Gasteiger partial charge in [0.05, 0.1) is 19.3 Å². The summed E-state index contributed by atoms with van der Waals surface area (Å²) in [5.41, 5.74) is 8.34. The molecule has 1 saturated heterocycles. The Kier molecular flexibility index (Phi) is 9.50. The molecule has 1 atom stereocenters. The van der Waals surface area contributed by atoms with E-state index in [-0.39, 0.29) is 24.0 Å². The second kappa shape index (κ2) is 10.8. The standard InChI is InChI=1S/C17H28N4O.HI/c1-3-7-19-17(18)20-11-15-5-4-6-16(10-15)13-21-8-9-22-14(2)12-21;/h4-6,10,14H,3,7-9,11-13H2,1-2H3,(H3,18,19,20);1H. The maximum absolute atomic E-state index is 5.83. The van der Waals surface area contributed by atoms with E-state index in [1.54, 1.807) is 0 Å². The van der Waals surface area contributed by atoms with Crippen LogP contribution in [-0.4, -0.2) is 43.2 Å². The first-order chi connectivity index (χ1) is 10.7. The van der Waals surface area contributed by atoms with E-state index in [0.29, 0.717) is 18.6 Å². The molecule has 0 spiro atoms. The Bertz CT molecular complexity index is 495. The summed E-state index contributed by atoms with van der Waals surface area (Å²) >= 11 is 0. The Morgan fingerprint density at radius 2 is 2.22 bits per heavy atom. The van der Waals surface area contributed by atoms with Gasteiger partial charge in [-0.15, -0.1) is 24.0 Å². The van der Waals surface area contributed by atoms with Gasteiger partial charge in [0.15, 0.2) is 5.96 Å². The van der Waals surface area contributed by atoms with Crippen LogP contribution in [0, 0.1) is 0 Å². The van der Waals surface area contributed by atoms with Crippen molar-refractivity contribution >= 4 is 29.9 Å². The minimum Gasteiger partial charge on any atom is -0.376 e. The van der Waals surface area contributed by atoms with Crippen LogP contribution in [0.4, 0.5) is 0 Å². The molecular weight excluding hydrogens is 403 g/mol. The number of benzene rings is 1. The van der Waals surface area contributed by atoms with E-state index >= 15 is 0 Å². The van der Waals surface area contributed by atoms with E-state index in [4.69, 9.17) is 10.5 Å². The van der Waals surface area contributed by atoms with Crippen LogP contribution in [0.2, 0.25) is 0 Å².